The molecule has 1 atom stereocenters. The number of carbonyl (C=O) groups excluding carboxylic acids is 2. The molecule has 39 heavy (non-hydrogen) atoms. The number of nitrogens with zero attached hydrogens (tertiary/aromatic N) is 2. The topological polar surface area (TPSA) is 61.9 Å². The number of carbonyl (C=O) groups is 2. The van der Waals surface area contributed by atoms with Crippen molar-refractivity contribution in [2.75, 3.05) is 33.3 Å². The van der Waals surface area contributed by atoms with Crippen LogP contribution in [0.15, 0.2) is 72.8 Å². The molecule has 7 heteroatoms. The highest BCUT2D eigenvalue weighted by Gasteiger charge is 2.38. The Morgan fingerprint density at radius 2 is 1.74 bits per heavy atom. The number of rotatable bonds is 7. The Labute approximate surface area is 229 Å². The summed E-state index contributed by atoms with van der Waals surface area (Å²) in [6, 6.07) is 22.3. The predicted octanol–water partition coefficient (Wildman–Crippen LogP) is 5.09. The minimum Gasteiger partial charge on any atom is -0.497 e. The Bertz CT molecular complexity index is 1320. The molecule has 3 aromatic rings. The number of methoxy groups -OCH3 is 1. The summed E-state index contributed by atoms with van der Waals surface area (Å²) in [7, 11) is 1.62. The fourth-order valence-electron chi connectivity index (χ4n) is 6.18. The molecule has 204 valence electrons. The van der Waals surface area contributed by atoms with Crippen molar-refractivity contribution in [2.45, 2.75) is 44.2 Å². The van der Waals surface area contributed by atoms with Gasteiger partial charge < -0.3 is 19.9 Å². The molecule has 1 fully saturated rings. The molecule has 0 radical (unpaired) electrons. The van der Waals surface area contributed by atoms with Gasteiger partial charge in [-0.3, -0.25) is 9.59 Å². The van der Waals surface area contributed by atoms with Crippen LogP contribution in [0.3, 0.4) is 0 Å². The summed E-state index contributed by atoms with van der Waals surface area (Å²) in [6.45, 7) is 4.57. The second-order valence-corrected chi connectivity index (χ2v) is 10.6. The van der Waals surface area contributed by atoms with E-state index in [1.807, 2.05) is 35.2 Å². The van der Waals surface area contributed by atoms with E-state index in [1.165, 1.54) is 30.2 Å². The van der Waals surface area contributed by atoms with Crippen molar-refractivity contribution in [1.29, 1.82) is 0 Å². The third kappa shape index (κ3) is 5.83. The van der Waals surface area contributed by atoms with Crippen LogP contribution in [0.5, 0.6) is 5.75 Å². The van der Waals surface area contributed by atoms with E-state index >= 15 is 0 Å². The smallest absolute Gasteiger partial charge is 0.254 e. The maximum atomic E-state index is 14.1. The molecule has 2 amide bonds. The molecular weight excluding hydrogens is 493 g/mol. The summed E-state index contributed by atoms with van der Waals surface area (Å²) in [5.74, 6) is 0.355. The number of hydrogen-bond acceptors (Lipinski definition) is 4. The maximum absolute atomic E-state index is 14.1. The van der Waals surface area contributed by atoms with Crippen LogP contribution in [-0.2, 0) is 16.8 Å². The van der Waals surface area contributed by atoms with Crippen LogP contribution >= 0.6 is 0 Å². The molecule has 2 heterocycles. The molecule has 2 aliphatic rings. The summed E-state index contributed by atoms with van der Waals surface area (Å²) in [6.07, 6.45) is 3.05. The molecule has 0 spiro atoms. The van der Waals surface area contributed by atoms with Gasteiger partial charge in [-0.05, 0) is 78.8 Å². The first-order chi connectivity index (χ1) is 18.9. The second kappa shape index (κ2) is 11.6. The molecule has 0 saturated carbocycles. The number of hydrogen-bond donors (Lipinski definition) is 1. The van der Waals surface area contributed by atoms with Crippen LogP contribution < -0.4 is 10.1 Å². The zero-order valence-corrected chi connectivity index (χ0v) is 22.7. The first-order valence-electron chi connectivity index (χ1n) is 13.7. The van der Waals surface area contributed by atoms with E-state index in [2.05, 4.69) is 34.5 Å². The molecular formula is C32H36FN3O3. The Balaban J connectivity index is 1.31. The Kier molecular flexibility index (Phi) is 7.98. The van der Waals surface area contributed by atoms with Crippen LogP contribution in [0.4, 0.5) is 4.39 Å². The van der Waals surface area contributed by atoms with Gasteiger partial charge in [0.05, 0.1) is 18.7 Å². The molecule has 1 unspecified atom stereocenters. The number of halogens is 1. The third-order valence-electron chi connectivity index (χ3n) is 8.23. The summed E-state index contributed by atoms with van der Waals surface area (Å²) < 4.78 is 19.3. The fraction of sp³-hybridized carbons (Fsp3) is 0.375. The van der Waals surface area contributed by atoms with Gasteiger partial charge in [-0.25, -0.2) is 4.39 Å². The maximum Gasteiger partial charge on any atom is 0.254 e. The number of amides is 2. The number of likely N-dealkylation sites (tertiary alicyclic amines) is 1. The lowest BCUT2D eigenvalue weighted by molar-refractivity contribution is -0.121. The first-order valence-corrected chi connectivity index (χ1v) is 13.7. The second-order valence-electron chi connectivity index (χ2n) is 10.6. The highest BCUT2D eigenvalue weighted by molar-refractivity contribution is 5.94. The van der Waals surface area contributed by atoms with Gasteiger partial charge in [0, 0.05) is 38.7 Å². The van der Waals surface area contributed by atoms with E-state index in [4.69, 9.17) is 4.74 Å². The first kappa shape index (κ1) is 26.9. The minimum absolute atomic E-state index is 0.0187. The SMILES string of the molecule is COc1ccc(C(=O)N2CCc3ccccc3C2CCN2CCC(NC(C)=O)(c3cccc(F)c3)CC2)cc1. The minimum atomic E-state index is -0.571. The van der Waals surface area contributed by atoms with E-state index in [9.17, 15) is 14.0 Å². The zero-order valence-electron chi connectivity index (χ0n) is 22.7. The van der Waals surface area contributed by atoms with Crippen LogP contribution in [0.2, 0.25) is 0 Å². The third-order valence-corrected chi connectivity index (χ3v) is 8.23. The number of fused-ring (bicyclic) bond motifs is 1. The molecule has 5 rings (SSSR count). The van der Waals surface area contributed by atoms with Crippen molar-refractivity contribution in [2.24, 2.45) is 0 Å². The van der Waals surface area contributed by atoms with Gasteiger partial charge in [0.2, 0.25) is 5.91 Å². The van der Waals surface area contributed by atoms with Crippen molar-refractivity contribution in [3.05, 3.63) is 101 Å². The molecule has 0 aliphatic carbocycles. The standard InChI is InChI=1S/C32H36FN3O3/c1-23(37)34-32(26-7-5-8-27(33)22-26)16-20-35(21-17-32)18-15-30-29-9-4-3-6-24(29)14-19-36(30)31(38)25-10-12-28(39-2)13-11-25/h3-13,22,30H,14-21H2,1-2H3,(H,34,37). The van der Waals surface area contributed by atoms with E-state index < -0.39 is 5.54 Å². The quantitative estimate of drug-likeness (QED) is 0.463. The number of benzene rings is 3. The molecule has 1 saturated heterocycles. The van der Waals surface area contributed by atoms with Gasteiger partial charge >= 0.3 is 0 Å². The van der Waals surface area contributed by atoms with Crippen molar-refractivity contribution in [3.63, 3.8) is 0 Å². The van der Waals surface area contributed by atoms with Gasteiger partial charge in [-0.1, -0.05) is 36.4 Å². The van der Waals surface area contributed by atoms with Crippen molar-refractivity contribution in [3.8, 4) is 5.75 Å². The summed E-state index contributed by atoms with van der Waals surface area (Å²) in [5, 5.41) is 3.13. The Hall–Kier alpha value is -3.71. The van der Waals surface area contributed by atoms with Gasteiger partial charge in [-0.2, -0.15) is 0 Å². The van der Waals surface area contributed by atoms with Crippen LogP contribution in [0.25, 0.3) is 0 Å². The number of ether oxygens (including phenoxy) is 1. The lowest BCUT2D eigenvalue weighted by atomic mass is 9.80. The molecule has 2 aliphatic heterocycles. The van der Waals surface area contributed by atoms with Crippen LogP contribution in [0.1, 0.15) is 59.3 Å². The molecule has 3 aromatic carbocycles. The van der Waals surface area contributed by atoms with Crippen molar-refractivity contribution >= 4 is 11.8 Å². The van der Waals surface area contributed by atoms with E-state index in [0.717, 1.165) is 43.8 Å². The van der Waals surface area contributed by atoms with Crippen molar-refractivity contribution in [1.82, 2.24) is 15.1 Å². The predicted molar refractivity (Wildman–Crippen MR) is 149 cm³/mol. The highest BCUT2D eigenvalue weighted by atomic mass is 19.1. The highest BCUT2D eigenvalue weighted by Crippen LogP contribution is 2.36. The van der Waals surface area contributed by atoms with E-state index in [1.54, 1.807) is 13.2 Å². The Morgan fingerprint density at radius 3 is 2.44 bits per heavy atom. The van der Waals surface area contributed by atoms with Crippen LogP contribution in [-0.4, -0.2) is 54.9 Å². The normalized spacial score (nSPS) is 18.7. The lowest BCUT2D eigenvalue weighted by Crippen LogP contribution is -2.53. The van der Waals surface area contributed by atoms with Gasteiger partial charge in [-0.15, -0.1) is 0 Å². The number of nitrogens with one attached hydrogen (secondary N) is 1. The van der Waals surface area contributed by atoms with Gasteiger partial charge in [0.15, 0.2) is 0 Å². The van der Waals surface area contributed by atoms with Crippen molar-refractivity contribution < 1.29 is 18.7 Å². The fourth-order valence-corrected chi connectivity index (χ4v) is 6.18. The largest absolute Gasteiger partial charge is 0.497 e. The molecule has 0 bridgehead atoms. The van der Waals surface area contributed by atoms with Gasteiger partial charge in [0.25, 0.3) is 5.91 Å². The molecule has 6 nitrogen and oxygen atoms in total. The van der Waals surface area contributed by atoms with E-state index in [0.29, 0.717) is 24.9 Å². The summed E-state index contributed by atoms with van der Waals surface area (Å²) in [4.78, 5) is 30.2. The molecule has 0 aromatic heterocycles. The van der Waals surface area contributed by atoms with Gasteiger partial charge in [0.1, 0.15) is 11.6 Å². The Morgan fingerprint density at radius 1 is 1.00 bits per heavy atom. The lowest BCUT2D eigenvalue weighted by Gasteiger charge is -2.44. The molecule has 1 N–H and O–H groups in total. The van der Waals surface area contributed by atoms with Crippen LogP contribution in [0, 0.1) is 5.82 Å². The summed E-state index contributed by atoms with van der Waals surface area (Å²) >= 11 is 0. The average molecular weight is 530 g/mol. The monoisotopic (exact) mass is 529 g/mol. The summed E-state index contributed by atoms with van der Waals surface area (Å²) in [5.41, 5.74) is 3.42. The van der Waals surface area contributed by atoms with E-state index in [-0.39, 0.29) is 23.7 Å². The number of piperidine rings is 1. The average Bonchev–Trinajstić information content (AvgIpc) is 2.96. The zero-order chi connectivity index (χ0) is 27.4.